The Morgan fingerprint density at radius 1 is 1.29 bits per heavy atom. The van der Waals surface area contributed by atoms with E-state index >= 15 is 0 Å². The largest absolute Gasteiger partial charge is 0.338 e. The molecule has 21 heavy (non-hydrogen) atoms. The van der Waals surface area contributed by atoms with E-state index in [2.05, 4.69) is 61.4 Å². The molecule has 1 atom stereocenters. The monoisotopic (exact) mass is 294 g/mol. The molecule has 1 aromatic rings. The minimum absolute atomic E-state index is 0.157. The molecular weight excluding hydrogens is 260 g/mol. The van der Waals surface area contributed by atoms with Crippen LogP contribution < -0.4 is 5.32 Å². The Kier molecular flexibility index (Phi) is 7.40. The molecule has 122 valence electrons. The molecule has 0 aliphatic rings. The normalized spacial score (nSPS) is 13.9. The van der Waals surface area contributed by atoms with Gasteiger partial charge in [0.15, 0.2) is 0 Å². The molecule has 4 nitrogen and oxygen atoms in total. The molecule has 0 saturated heterocycles. The maximum absolute atomic E-state index is 4.46. The molecule has 1 unspecified atom stereocenters. The fourth-order valence-electron chi connectivity index (χ4n) is 3.19. The van der Waals surface area contributed by atoms with E-state index in [1.165, 1.54) is 12.2 Å². The van der Waals surface area contributed by atoms with Gasteiger partial charge in [-0.3, -0.25) is 4.90 Å². The first-order valence-corrected chi connectivity index (χ1v) is 8.41. The molecule has 1 rings (SSSR count). The molecule has 1 N–H and O–H groups in total. The lowest BCUT2D eigenvalue weighted by molar-refractivity contribution is 0.0873. The van der Waals surface area contributed by atoms with Crippen LogP contribution in [0.4, 0.5) is 0 Å². The molecule has 0 radical (unpaired) electrons. The number of hydrogen-bond donors (Lipinski definition) is 1. The van der Waals surface area contributed by atoms with Crippen molar-refractivity contribution in [3.8, 4) is 0 Å². The van der Waals surface area contributed by atoms with Crippen molar-refractivity contribution in [3.63, 3.8) is 0 Å². The molecule has 1 aromatic heterocycles. The predicted molar refractivity (Wildman–Crippen MR) is 90.6 cm³/mol. The van der Waals surface area contributed by atoms with E-state index in [-0.39, 0.29) is 5.54 Å². The SMILES string of the molecule is CCCNC(CCc1nccn1C)C(C)(C)N(CC)CC. The quantitative estimate of drug-likeness (QED) is 0.720. The van der Waals surface area contributed by atoms with Gasteiger partial charge in [-0.15, -0.1) is 0 Å². The van der Waals surface area contributed by atoms with E-state index < -0.39 is 0 Å². The summed E-state index contributed by atoms with van der Waals surface area (Å²) in [6, 6.07) is 0.481. The van der Waals surface area contributed by atoms with Crippen LogP contribution >= 0.6 is 0 Å². The summed E-state index contributed by atoms with van der Waals surface area (Å²) >= 11 is 0. The molecule has 0 bridgehead atoms. The number of nitrogens with one attached hydrogen (secondary N) is 1. The van der Waals surface area contributed by atoms with Gasteiger partial charge in [0.1, 0.15) is 5.82 Å². The van der Waals surface area contributed by atoms with E-state index in [1.54, 1.807) is 0 Å². The van der Waals surface area contributed by atoms with E-state index in [1.807, 2.05) is 12.4 Å². The first kappa shape index (κ1) is 18.2. The fraction of sp³-hybridized carbons (Fsp3) is 0.824. The van der Waals surface area contributed by atoms with Crippen LogP contribution in [0.2, 0.25) is 0 Å². The van der Waals surface area contributed by atoms with Gasteiger partial charge >= 0.3 is 0 Å². The summed E-state index contributed by atoms with van der Waals surface area (Å²) in [5.74, 6) is 1.17. The second-order valence-electron chi connectivity index (χ2n) is 6.33. The van der Waals surface area contributed by atoms with Crippen LogP contribution in [0.3, 0.4) is 0 Å². The summed E-state index contributed by atoms with van der Waals surface area (Å²) in [4.78, 5) is 7.01. The van der Waals surface area contributed by atoms with E-state index in [0.29, 0.717) is 6.04 Å². The van der Waals surface area contributed by atoms with Gasteiger partial charge in [-0.2, -0.15) is 0 Å². The van der Waals surface area contributed by atoms with Gasteiger partial charge in [0, 0.05) is 37.4 Å². The van der Waals surface area contributed by atoms with Gasteiger partial charge < -0.3 is 9.88 Å². The molecule has 0 spiro atoms. The molecule has 0 aliphatic heterocycles. The topological polar surface area (TPSA) is 33.1 Å². The molecule has 0 fully saturated rings. The zero-order chi connectivity index (χ0) is 15.9. The van der Waals surface area contributed by atoms with Crippen molar-refractivity contribution in [2.75, 3.05) is 19.6 Å². The third kappa shape index (κ3) is 4.82. The first-order chi connectivity index (χ1) is 9.97. The molecule has 0 aliphatic carbocycles. The minimum atomic E-state index is 0.157. The summed E-state index contributed by atoms with van der Waals surface area (Å²) in [5, 5.41) is 3.76. The number of hydrogen-bond acceptors (Lipinski definition) is 3. The standard InChI is InChI=1S/C17H34N4/c1-7-12-18-15(17(4,5)21(8-2)9-3)10-11-16-19-13-14-20(16)6/h13-15,18H,7-12H2,1-6H3. The molecule has 4 heteroatoms. The third-order valence-electron chi connectivity index (χ3n) is 4.65. The maximum atomic E-state index is 4.46. The van der Waals surface area contributed by atoms with Crippen molar-refractivity contribution in [2.45, 2.75) is 65.5 Å². The summed E-state index contributed by atoms with van der Waals surface area (Å²) in [5.41, 5.74) is 0.157. The highest BCUT2D eigenvalue weighted by Crippen LogP contribution is 2.22. The first-order valence-electron chi connectivity index (χ1n) is 8.41. The summed E-state index contributed by atoms with van der Waals surface area (Å²) in [7, 11) is 2.08. The van der Waals surface area contributed by atoms with Crippen molar-refractivity contribution >= 4 is 0 Å². The Morgan fingerprint density at radius 3 is 2.43 bits per heavy atom. The van der Waals surface area contributed by atoms with Crippen LogP contribution in [0.1, 0.15) is 53.3 Å². The lowest BCUT2D eigenvalue weighted by Crippen LogP contribution is -2.58. The number of aryl methyl sites for hydroxylation is 2. The minimum Gasteiger partial charge on any atom is -0.338 e. The highest BCUT2D eigenvalue weighted by molar-refractivity contribution is 4.97. The Bertz CT molecular complexity index is 393. The highest BCUT2D eigenvalue weighted by Gasteiger charge is 2.33. The van der Waals surface area contributed by atoms with E-state index in [0.717, 1.165) is 32.5 Å². The molecular formula is C17H34N4. The lowest BCUT2D eigenvalue weighted by atomic mass is 9.88. The van der Waals surface area contributed by atoms with Crippen LogP contribution in [0.25, 0.3) is 0 Å². The van der Waals surface area contributed by atoms with Crippen molar-refractivity contribution in [3.05, 3.63) is 18.2 Å². The number of likely N-dealkylation sites (N-methyl/N-ethyl adjacent to an activating group) is 1. The average molecular weight is 294 g/mol. The fourth-order valence-corrected chi connectivity index (χ4v) is 3.19. The van der Waals surface area contributed by atoms with Crippen LogP contribution in [-0.4, -0.2) is 45.7 Å². The summed E-state index contributed by atoms with van der Waals surface area (Å²) in [6.45, 7) is 14.7. The summed E-state index contributed by atoms with van der Waals surface area (Å²) in [6.07, 6.45) is 7.23. The maximum Gasteiger partial charge on any atom is 0.108 e. The number of rotatable bonds is 10. The van der Waals surface area contributed by atoms with Gasteiger partial charge in [-0.25, -0.2) is 4.98 Å². The number of nitrogens with zero attached hydrogens (tertiary/aromatic N) is 3. The van der Waals surface area contributed by atoms with Gasteiger partial charge in [-0.1, -0.05) is 20.8 Å². The van der Waals surface area contributed by atoms with Crippen molar-refractivity contribution in [2.24, 2.45) is 7.05 Å². The second kappa shape index (κ2) is 8.54. The van der Waals surface area contributed by atoms with E-state index in [9.17, 15) is 0 Å². The third-order valence-corrected chi connectivity index (χ3v) is 4.65. The van der Waals surface area contributed by atoms with Gasteiger partial charge in [-0.05, 0) is 46.3 Å². The van der Waals surface area contributed by atoms with E-state index in [4.69, 9.17) is 0 Å². The van der Waals surface area contributed by atoms with Gasteiger partial charge in [0.2, 0.25) is 0 Å². The Hall–Kier alpha value is -0.870. The molecule has 0 saturated carbocycles. The highest BCUT2D eigenvalue weighted by atomic mass is 15.2. The molecule has 1 heterocycles. The van der Waals surface area contributed by atoms with Crippen LogP contribution in [0.5, 0.6) is 0 Å². The van der Waals surface area contributed by atoms with Gasteiger partial charge in [0.05, 0.1) is 0 Å². The van der Waals surface area contributed by atoms with Crippen molar-refractivity contribution in [1.82, 2.24) is 19.8 Å². The van der Waals surface area contributed by atoms with Crippen molar-refractivity contribution < 1.29 is 0 Å². The number of imidazole rings is 1. The number of aromatic nitrogens is 2. The van der Waals surface area contributed by atoms with Gasteiger partial charge in [0.25, 0.3) is 0 Å². The van der Waals surface area contributed by atoms with Crippen LogP contribution in [0.15, 0.2) is 12.4 Å². The smallest absolute Gasteiger partial charge is 0.108 e. The second-order valence-corrected chi connectivity index (χ2v) is 6.33. The van der Waals surface area contributed by atoms with Crippen molar-refractivity contribution in [1.29, 1.82) is 0 Å². The Balaban J connectivity index is 2.76. The predicted octanol–water partition coefficient (Wildman–Crippen LogP) is 2.84. The average Bonchev–Trinajstić information content (AvgIpc) is 2.85. The lowest BCUT2D eigenvalue weighted by Gasteiger charge is -2.44. The Labute approximate surface area is 130 Å². The summed E-state index contributed by atoms with van der Waals surface area (Å²) < 4.78 is 2.13. The van der Waals surface area contributed by atoms with Crippen LogP contribution in [0, 0.1) is 0 Å². The van der Waals surface area contributed by atoms with Crippen LogP contribution in [-0.2, 0) is 13.5 Å². The molecule has 0 amide bonds. The Morgan fingerprint density at radius 2 is 1.95 bits per heavy atom. The zero-order valence-electron chi connectivity index (χ0n) is 14.8. The zero-order valence-corrected chi connectivity index (χ0v) is 14.8. The molecule has 0 aromatic carbocycles.